The van der Waals surface area contributed by atoms with Crippen LogP contribution in [-0.4, -0.2) is 68.9 Å². The largest absolute Gasteiger partial charge is 0.495 e. The average Bonchev–Trinajstić information content (AvgIpc) is 2.52. The van der Waals surface area contributed by atoms with Crippen molar-refractivity contribution in [3.63, 3.8) is 0 Å². The molecule has 0 aliphatic rings. The summed E-state index contributed by atoms with van der Waals surface area (Å²) in [7, 11) is 4.32. The van der Waals surface area contributed by atoms with E-state index in [1.807, 2.05) is 0 Å². The molecule has 0 saturated carbocycles. The zero-order valence-corrected chi connectivity index (χ0v) is 16.6. The smallest absolute Gasteiger partial charge is 0.242 e. The molecule has 10 heteroatoms. The van der Waals surface area contributed by atoms with Gasteiger partial charge in [0.15, 0.2) is 0 Å². The Kier molecular flexibility index (Phi) is 7.46. The number of amides is 1. The molecule has 0 aliphatic carbocycles. The second-order valence-corrected chi connectivity index (χ2v) is 8.91. The van der Waals surface area contributed by atoms with E-state index in [-0.39, 0.29) is 16.6 Å². The van der Waals surface area contributed by atoms with Crippen molar-refractivity contribution in [3.8, 4) is 5.75 Å². The summed E-state index contributed by atoms with van der Waals surface area (Å²) >= 11 is 6.33. The molecule has 1 aromatic rings. The third kappa shape index (κ3) is 5.33. The number of thiocarbonyl (C=S) groups is 1. The van der Waals surface area contributed by atoms with Crippen LogP contribution in [0.3, 0.4) is 0 Å². The number of hydrogen-bond donors (Lipinski definition) is 1. The highest BCUT2D eigenvalue weighted by molar-refractivity contribution is 8.23. The molecule has 0 aliphatic heterocycles. The van der Waals surface area contributed by atoms with Gasteiger partial charge in [-0.2, -0.15) is 0 Å². The van der Waals surface area contributed by atoms with E-state index in [1.54, 1.807) is 19.0 Å². The van der Waals surface area contributed by atoms with Crippen LogP contribution in [-0.2, 0) is 14.8 Å². The van der Waals surface area contributed by atoms with Gasteiger partial charge in [0, 0.05) is 28.2 Å². The normalized spacial score (nSPS) is 11.2. The van der Waals surface area contributed by atoms with E-state index in [9.17, 15) is 13.2 Å². The van der Waals surface area contributed by atoms with Gasteiger partial charge in [-0.1, -0.05) is 24.0 Å². The molecule has 24 heavy (non-hydrogen) atoms. The fraction of sp³-hybridized carbons (Fsp3) is 0.429. The van der Waals surface area contributed by atoms with Crippen LogP contribution in [0.15, 0.2) is 23.1 Å². The topological polar surface area (TPSA) is 79.0 Å². The SMILES string of the molecule is COc1ccc(S(=O)(=O)N(C)C)cc1NC(=O)CSC(=S)N(C)C. The zero-order chi connectivity index (χ0) is 18.5. The van der Waals surface area contributed by atoms with Gasteiger partial charge in [0.2, 0.25) is 15.9 Å². The van der Waals surface area contributed by atoms with Crippen LogP contribution in [0.1, 0.15) is 0 Å². The van der Waals surface area contributed by atoms with Gasteiger partial charge in [0.05, 0.1) is 23.4 Å². The fourth-order valence-corrected chi connectivity index (χ4v) is 3.29. The maximum Gasteiger partial charge on any atom is 0.242 e. The number of nitrogens with zero attached hydrogens (tertiary/aromatic N) is 2. The van der Waals surface area contributed by atoms with Crippen molar-refractivity contribution in [2.75, 3.05) is 46.4 Å². The Morgan fingerprint density at radius 2 is 1.92 bits per heavy atom. The van der Waals surface area contributed by atoms with Gasteiger partial charge in [0.25, 0.3) is 0 Å². The van der Waals surface area contributed by atoms with Crippen molar-refractivity contribution in [2.24, 2.45) is 0 Å². The van der Waals surface area contributed by atoms with Gasteiger partial charge >= 0.3 is 0 Å². The number of anilines is 1. The molecular weight excluding hydrogens is 370 g/mol. The molecule has 1 amide bonds. The second-order valence-electron chi connectivity index (χ2n) is 5.15. The van der Waals surface area contributed by atoms with E-state index in [1.165, 1.54) is 51.2 Å². The number of sulfonamides is 1. The van der Waals surface area contributed by atoms with Crippen LogP contribution >= 0.6 is 24.0 Å². The van der Waals surface area contributed by atoms with Crippen LogP contribution in [0.5, 0.6) is 5.75 Å². The van der Waals surface area contributed by atoms with Crippen LogP contribution in [0.25, 0.3) is 0 Å². The Labute approximate surface area is 152 Å². The minimum absolute atomic E-state index is 0.0695. The predicted molar refractivity (Wildman–Crippen MR) is 101 cm³/mol. The maximum atomic E-state index is 12.2. The molecule has 0 saturated heterocycles. The first kappa shape index (κ1) is 20.7. The molecule has 0 atom stereocenters. The van der Waals surface area contributed by atoms with Crippen LogP contribution in [0, 0.1) is 0 Å². The van der Waals surface area contributed by atoms with Gasteiger partial charge in [-0.05, 0) is 18.2 Å². The third-order valence-corrected chi connectivity index (χ3v) is 6.46. The van der Waals surface area contributed by atoms with Crippen molar-refractivity contribution in [1.82, 2.24) is 9.21 Å². The van der Waals surface area contributed by atoms with Crippen molar-refractivity contribution in [1.29, 1.82) is 0 Å². The Balaban J connectivity index is 2.97. The number of carbonyl (C=O) groups excluding carboxylic acids is 1. The zero-order valence-electron chi connectivity index (χ0n) is 14.2. The van der Waals surface area contributed by atoms with Gasteiger partial charge in [-0.25, -0.2) is 12.7 Å². The highest BCUT2D eigenvalue weighted by atomic mass is 32.2. The summed E-state index contributed by atoms with van der Waals surface area (Å²) in [6.07, 6.45) is 0. The third-order valence-electron chi connectivity index (χ3n) is 2.92. The molecule has 0 heterocycles. The monoisotopic (exact) mass is 391 g/mol. The molecular formula is C14H21N3O4S3. The lowest BCUT2D eigenvalue weighted by atomic mass is 10.3. The summed E-state index contributed by atoms with van der Waals surface area (Å²) in [4.78, 5) is 13.9. The average molecular weight is 392 g/mol. The molecule has 0 aromatic heterocycles. The number of methoxy groups -OCH3 is 1. The van der Waals surface area contributed by atoms with Gasteiger partial charge in [-0.15, -0.1) is 0 Å². The summed E-state index contributed by atoms with van der Waals surface area (Å²) in [5, 5.41) is 2.66. The molecule has 7 nitrogen and oxygen atoms in total. The highest BCUT2D eigenvalue weighted by Crippen LogP contribution is 2.28. The summed E-state index contributed by atoms with van der Waals surface area (Å²) in [5.74, 6) is 0.188. The molecule has 0 spiro atoms. The van der Waals surface area contributed by atoms with Crippen molar-refractivity contribution in [3.05, 3.63) is 18.2 Å². The number of ether oxygens (including phenoxy) is 1. The quantitative estimate of drug-likeness (QED) is 0.736. The molecule has 0 fully saturated rings. The van der Waals surface area contributed by atoms with Crippen molar-refractivity contribution >= 4 is 49.9 Å². The lowest BCUT2D eigenvalue weighted by Crippen LogP contribution is -2.23. The Morgan fingerprint density at radius 3 is 2.42 bits per heavy atom. The maximum absolute atomic E-state index is 12.2. The van der Waals surface area contributed by atoms with Crippen LogP contribution in [0.2, 0.25) is 0 Å². The molecule has 0 unspecified atom stereocenters. The first-order valence-electron chi connectivity index (χ1n) is 6.84. The molecule has 134 valence electrons. The number of carbonyl (C=O) groups is 1. The van der Waals surface area contributed by atoms with E-state index in [0.29, 0.717) is 15.8 Å². The first-order chi connectivity index (χ1) is 11.1. The number of nitrogens with one attached hydrogen (secondary N) is 1. The lowest BCUT2D eigenvalue weighted by molar-refractivity contribution is -0.113. The highest BCUT2D eigenvalue weighted by Gasteiger charge is 2.20. The molecule has 1 rings (SSSR count). The number of benzene rings is 1. The van der Waals surface area contributed by atoms with Crippen LogP contribution < -0.4 is 10.1 Å². The van der Waals surface area contributed by atoms with Crippen molar-refractivity contribution in [2.45, 2.75) is 4.90 Å². The summed E-state index contributed by atoms with van der Waals surface area (Å²) in [6, 6.07) is 4.31. The van der Waals surface area contributed by atoms with E-state index in [4.69, 9.17) is 17.0 Å². The van der Waals surface area contributed by atoms with E-state index >= 15 is 0 Å². The molecule has 1 aromatic carbocycles. The summed E-state index contributed by atoms with van der Waals surface area (Å²) in [5.41, 5.74) is 0.293. The Bertz CT molecular complexity index is 718. The van der Waals surface area contributed by atoms with E-state index in [2.05, 4.69) is 5.32 Å². The number of thioether (sulfide) groups is 1. The standard InChI is InChI=1S/C14H21N3O4S3/c1-16(2)14(22)23-9-13(18)15-11-8-10(6-7-12(11)21-5)24(19,20)17(3)4/h6-8H,9H2,1-5H3,(H,15,18). The summed E-state index contributed by atoms with van der Waals surface area (Å²) in [6.45, 7) is 0. The molecule has 0 bridgehead atoms. The van der Waals surface area contributed by atoms with E-state index in [0.717, 1.165) is 4.31 Å². The van der Waals surface area contributed by atoms with Gasteiger partial charge in [0.1, 0.15) is 10.1 Å². The Hall–Kier alpha value is -1.36. The first-order valence-corrected chi connectivity index (χ1v) is 9.67. The fourth-order valence-electron chi connectivity index (χ4n) is 1.60. The minimum atomic E-state index is -3.60. The Morgan fingerprint density at radius 1 is 1.29 bits per heavy atom. The minimum Gasteiger partial charge on any atom is -0.495 e. The number of rotatable bonds is 6. The molecule has 0 radical (unpaired) electrons. The van der Waals surface area contributed by atoms with Crippen LogP contribution in [0.4, 0.5) is 5.69 Å². The summed E-state index contributed by atoms with van der Waals surface area (Å²) < 4.78 is 31.3. The van der Waals surface area contributed by atoms with Crippen molar-refractivity contribution < 1.29 is 17.9 Å². The molecule has 1 N–H and O–H groups in total. The van der Waals surface area contributed by atoms with Gasteiger partial charge < -0.3 is 15.0 Å². The number of hydrogen-bond acceptors (Lipinski definition) is 6. The lowest BCUT2D eigenvalue weighted by Gasteiger charge is -2.16. The predicted octanol–water partition coefficient (Wildman–Crippen LogP) is 1.46. The van der Waals surface area contributed by atoms with Gasteiger partial charge in [-0.3, -0.25) is 4.79 Å². The van der Waals surface area contributed by atoms with E-state index < -0.39 is 10.0 Å². The second kappa shape index (κ2) is 8.65.